The van der Waals surface area contributed by atoms with Gasteiger partial charge in [-0.15, -0.1) is 21.5 Å². The van der Waals surface area contributed by atoms with Gasteiger partial charge in [-0.1, -0.05) is 25.6 Å². The summed E-state index contributed by atoms with van der Waals surface area (Å²) in [6.45, 7) is 11.1. The van der Waals surface area contributed by atoms with Crippen LogP contribution in [0.5, 0.6) is 0 Å². The van der Waals surface area contributed by atoms with Gasteiger partial charge in [0, 0.05) is 31.2 Å². The largest absolute Gasteiger partial charge is 0.379 e. The minimum atomic E-state index is -0.291. The van der Waals surface area contributed by atoms with Gasteiger partial charge in [-0.2, -0.15) is 0 Å². The molecule has 2 aromatic heterocycles. The zero-order valence-corrected chi connectivity index (χ0v) is 17.6. The first-order valence-electron chi connectivity index (χ1n) is 9.12. The first-order valence-corrected chi connectivity index (χ1v) is 10.9. The molecule has 0 aliphatic carbocycles. The molecule has 1 atom stereocenters. The van der Waals surface area contributed by atoms with E-state index in [1.165, 1.54) is 23.1 Å². The number of aromatic nitrogens is 4. The van der Waals surface area contributed by atoms with Gasteiger partial charge in [-0.05, 0) is 12.8 Å². The van der Waals surface area contributed by atoms with Gasteiger partial charge in [-0.3, -0.25) is 9.69 Å². The minimum Gasteiger partial charge on any atom is -0.379 e. The van der Waals surface area contributed by atoms with Crippen molar-refractivity contribution in [2.24, 2.45) is 5.92 Å². The molecule has 1 N–H and O–H groups in total. The number of carbonyl (C=O) groups is 1. The third-order valence-electron chi connectivity index (χ3n) is 4.12. The van der Waals surface area contributed by atoms with Crippen LogP contribution in [0.4, 0.5) is 5.13 Å². The Balaban J connectivity index is 1.68. The topological polar surface area (TPSA) is 85.2 Å². The van der Waals surface area contributed by atoms with E-state index in [2.05, 4.69) is 43.8 Å². The molecule has 1 aliphatic rings. The number of thioether (sulfide) groups is 1. The molecule has 148 valence electrons. The fourth-order valence-electron chi connectivity index (χ4n) is 2.73. The molecule has 0 aromatic carbocycles. The number of morpholine rings is 1. The van der Waals surface area contributed by atoms with Crippen molar-refractivity contribution >= 4 is 34.1 Å². The van der Waals surface area contributed by atoms with Gasteiger partial charge in [0.1, 0.15) is 5.82 Å². The van der Waals surface area contributed by atoms with Crippen molar-refractivity contribution < 1.29 is 9.53 Å². The van der Waals surface area contributed by atoms with E-state index in [1.54, 1.807) is 6.20 Å². The van der Waals surface area contributed by atoms with Crippen molar-refractivity contribution in [3.63, 3.8) is 0 Å². The van der Waals surface area contributed by atoms with Crippen LogP contribution in [0.2, 0.25) is 0 Å². The summed E-state index contributed by atoms with van der Waals surface area (Å²) in [5, 5.41) is 14.6. The number of ether oxygens (including phenoxy) is 1. The summed E-state index contributed by atoms with van der Waals surface area (Å²) in [6, 6.07) is 0. The van der Waals surface area contributed by atoms with Crippen LogP contribution in [0.15, 0.2) is 16.7 Å². The summed E-state index contributed by atoms with van der Waals surface area (Å²) in [5.41, 5.74) is 0. The van der Waals surface area contributed by atoms with Gasteiger partial charge in [0.05, 0.1) is 25.0 Å². The number of carbonyl (C=O) groups excluding carboxylic acids is 1. The van der Waals surface area contributed by atoms with Crippen LogP contribution >= 0.6 is 23.1 Å². The first kappa shape index (κ1) is 20.2. The molecule has 1 saturated heterocycles. The number of anilines is 1. The molecule has 1 amide bonds. The lowest BCUT2D eigenvalue weighted by Gasteiger charge is -2.26. The second kappa shape index (κ2) is 9.63. The summed E-state index contributed by atoms with van der Waals surface area (Å²) in [7, 11) is 0. The van der Waals surface area contributed by atoms with Crippen LogP contribution in [0.3, 0.4) is 0 Å². The minimum absolute atomic E-state index is 0.0798. The standard InChI is InChI=1S/C17H26N6O2S2/c1-12(2)10-23-14(11-22-5-7-25-8-6-22)20-21-17(23)27-13(3)15(24)19-16-18-4-9-26-16/h4,9,12-13H,5-8,10-11H2,1-3H3,(H,18,19,24). The fraction of sp³-hybridized carbons (Fsp3) is 0.647. The van der Waals surface area contributed by atoms with E-state index in [-0.39, 0.29) is 11.2 Å². The SMILES string of the molecule is CC(C)Cn1c(CN2CCOCC2)nnc1SC(C)C(=O)Nc1nccs1. The summed E-state index contributed by atoms with van der Waals surface area (Å²) in [5.74, 6) is 1.33. The normalized spacial score (nSPS) is 16.6. The first-order chi connectivity index (χ1) is 13.0. The average Bonchev–Trinajstić information content (AvgIpc) is 3.27. The number of nitrogens with one attached hydrogen (secondary N) is 1. The van der Waals surface area contributed by atoms with E-state index in [1.807, 2.05) is 12.3 Å². The van der Waals surface area contributed by atoms with Gasteiger partial charge in [0.25, 0.3) is 0 Å². The van der Waals surface area contributed by atoms with Gasteiger partial charge < -0.3 is 14.6 Å². The third kappa shape index (κ3) is 5.74. The number of rotatable bonds is 8. The third-order valence-corrected chi connectivity index (χ3v) is 5.89. The van der Waals surface area contributed by atoms with Crippen molar-refractivity contribution in [1.82, 2.24) is 24.6 Å². The van der Waals surface area contributed by atoms with Crippen LogP contribution in [-0.4, -0.2) is 62.1 Å². The van der Waals surface area contributed by atoms with Crippen LogP contribution in [-0.2, 0) is 22.6 Å². The highest BCUT2D eigenvalue weighted by Gasteiger charge is 2.22. The number of nitrogens with zero attached hydrogens (tertiary/aromatic N) is 5. The Morgan fingerprint density at radius 3 is 2.78 bits per heavy atom. The van der Waals surface area contributed by atoms with E-state index >= 15 is 0 Å². The smallest absolute Gasteiger partial charge is 0.239 e. The van der Waals surface area contributed by atoms with Crippen molar-refractivity contribution in [3.05, 3.63) is 17.4 Å². The van der Waals surface area contributed by atoms with E-state index in [0.717, 1.165) is 50.4 Å². The zero-order valence-electron chi connectivity index (χ0n) is 15.9. The van der Waals surface area contributed by atoms with E-state index in [0.29, 0.717) is 11.0 Å². The van der Waals surface area contributed by atoms with Gasteiger partial charge >= 0.3 is 0 Å². The molecule has 0 saturated carbocycles. The Labute approximate surface area is 167 Å². The molecule has 27 heavy (non-hydrogen) atoms. The molecule has 3 rings (SSSR count). The lowest BCUT2D eigenvalue weighted by molar-refractivity contribution is -0.115. The highest BCUT2D eigenvalue weighted by Crippen LogP contribution is 2.25. The molecule has 0 spiro atoms. The lowest BCUT2D eigenvalue weighted by atomic mass is 10.2. The van der Waals surface area contributed by atoms with E-state index in [9.17, 15) is 4.79 Å². The van der Waals surface area contributed by atoms with Crippen LogP contribution in [0, 0.1) is 5.92 Å². The maximum atomic E-state index is 12.4. The maximum absolute atomic E-state index is 12.4. The summed E-state index contributed by atoms with van der Waals surface area (Å²) in [6.07, 6.45) is 1.68. The monoisotopic (exact) mass is 410 g/mol. The van der Waals surface area contributed by atoms with Gasteiger partial charge in [-0.25, -0.2) is 4.98 Å². The Morgan fingerprint density at radius 2 is 2.11 bits per heavy atom. The highest BCUT2D eigenvalue weighted by atomic mass is 32.2. The predicted molar refractivity (Wildman–Crippen MR) is 107 cm³/mol. The van der Waals surface area contributed by atoms with Crippen LogP contribution in [0.1, 0.15) is 26.6 Å². The highest BCUT2D eigenvalue weighted by molar-refractivity contribution is 8.00. The molecule has 1 unspecified atom stereocenters. The molecule has 10 heteroatoms. The van der Waals surface area contributed by atoms with Crippen molar-refractivity contribution in [1.29, 1.82) is 0 Å². The van der Waals surface area contributed by atoms with Crippen LogP contribution < -0.4 is 5.32 Å². The maximum Gasteiger partial charge on any atom is 0.239 e. The molecule has 2 aromatic rings. The Bertz CT molecular complexity index is 728. The summed E-state index contributed by atoms with van der Waals surface area (Å²) >= 11 is 2.84. The molecule has 1 aliphatic heterocycles. The average molecular weight is 411 g/mol. The molecular formula is C17H26N6O2S2. The number of thiazole rings is 1. The Hall–Kier alpha value is -1.49. The number of hydrogen-bond acceptors (Lipinski definition) is 8. The van der Waals surface area contributed by atoms with Gasteiger partial charge in [0.2, 0.25) is 5.91 Å². The molecular weight excluding hydrogens is 384 g/mol. The second-order valence-electron chi connectivity index (χ2n) is 6.88. The number of amides is 1. The van der Waals surface area contributed by atoms with Crippen molar-refractivity contribution in [3.8, 4) is 0 Å². The van der Waals surface area contributed by atoms with E-state index in [4.69, 9.17) is 4.74 Å². The molecule has 8 nitrogen and oxygen atoms in total. The van der Waals surface area contributed by atoms with Gasteiger partial charge in [0.15, 0.2) is 10.3 Å². The molecule has 3 heterocycles. The van der Waals surface area contributed by atoms with E-state index < -0.39 is 0 Å². The van der Waals surface area contributed by atoms with Crippen molar-refractivity contribution in [2.45, 2.75) is 44.3 Å². The Morgan fingerprint density at radius 1 is 1.33 bits per heavy atom. The lowest BCUT2D eigenvalue weighted by Crippen LogP contribution is -2.36. The molecule has 0 bridgehead atoms. The second-order valence-corrected chi connectivity index (χ2v) is 9.08. The van der Waals surface area contributed by atoms with Crippen molar-refractivity contribution in [2.75, 3.05) is 31.6 Å². The molecule has 1 fully saturated rings. The zero-order chi connectivity index (χ0) is 19.2. The quantitative estimate of drug-likeness (QED) is 0.669. The Kier molecular flexibility index (Phi) is 7.22. The predicted octanol–water partition coefficient (Wildman–Crippen LogP) is 2.34. The van der Waals surface area contributed by atoms with Crippen LogP contribution in [0.25, 0.3) is 0 Å². The summed E-state index contributed by atoms with van der Waals surface area (Å²) < 4.78 is 7.57. The fourth-order valence-corrected chi connectivity index (χ4v) is 4.14. The summed E-state index contributed by atoms with van der Waals surface area (Å²) in [4.78, 5) is 18.9. The number of hydrogen-bond donors (Lipinski definition) is 1. The molecule has 0 radical (unpaired) electrons.